The number of rotatable bonds is 4. The molecule has 0 radical (unpaired) electrons. The summed E-state index contributed by atoms with van der Waals surface area (Å²) in [6.07, 6.45) is 2.28. The van der Waals surface area contributed by atoms with Gasteiger partial charge in [0.05, 0.1) is 6.76 Å². The first kappa shape index (κ1) is 16.3. The van der Waals surface area contributed by atoms with Crippen molar-refractivity contribution in [3.8, 4) is 11.3 Å². The monoisotopic (exact) mass is 333 g/mol. The van der Waals surface area contributed by atoms with E-state index in [0.29, 0.717) is 12.0 Å². The van der Waals surface area contributed by atoms with Crippen LogP contribution in [0.2, 0.25) is 0 Å². The van der Waals surface area contributed by atoms with Crippen LogP contribution in [0.15, 0.2) is 42.4 Å². The van der Waals surface area contributed by atoms with Crippen molar-refractivity contribution < 1.29 is 5.94 Å². The Hall–Kier alpha value is -2.15. The van der Waals surface area contributed by atoms with Gasteiger partial charge in [0.25, 0.3) is 0 Å². The highest BCUT2D eigenvalue weighted by Gasteiger charge is 2.20. The highest BCUT2D eigenvalue weighted by atomic mass is 14.9. The molecule has 0 bridgehead atoms. The number of hydrogen-bond acceptors (Lipinski definition) is 0. The van der Waals surface area contributed by atoms with Crippen LogP contribution in [0.3, 0.4) is 0 Å². The van der Waals surface area contributed by atoms with Crippen molar-refractivity contribution in [2.24, 2.45) is 7.05 Å². The van der Waals surface area contributed by atoms with Crippen LogP contribution in [0.4, 0.5) is 0 Å². The van der Waals surface area contributed by atoms with Gasteiger partial charge in [0.15, 0.2) is 5.69 Å². The summed E-state index contributed by atoms with van der Waals surface area (Å²) in [6.45, 7) is 10.9. The fourth-order valence-electron chi connectivity index (χ4n) is 3.83. The maximum atomic E-state index is 8.72. The summed E-state index contributed by atoms with van der Waals surface area (Å²) in [4.78, 5) is 0. The molecule has 0 aliphatic heterocycles. The molecule has 3 aromatic rings. The van der Waals surface area contributed by atoms with Crippen molar-refractivity contribution in [3.05, 3.63) is 64.8 Å². The van der Waals surface area contributed by atoms with E-state index in [1.165, 1.54) is 33.3 Å². The van der Waals surface area contributed by atoms with Crippen molar-refractivity contribution in [1.82, 2.24) is 0 Å². The SMILES string of the molecule is [2H]c1c(C)[n+](C)c(-c2cc(C)ccc2C)c2ccc(C(CC)CC)cc12. The number of pyridine rings is 1. The van der Waals surface area contributed by atoms with Crippen LogP contribution in [-0.2, 0) is 7.05 Å². The van der Waals surface area contributed by atoms with Crippen LogP contribution < -0.4 is 4.57 Å². The molecule has 0 unspecified atom stereocenters. The van der Waals surface area contributed by atoms with Crippen molar-refractivity contribution in [2.75, 3.05) is 0 Å². The third kappa shape index (κ3) is 3.20. The average Bonchev–Trinajstić information content (AvgIpc) is 2.64. The van der Waals surface area contributed by atoms with Crippen molar-refractivity contribution >= 4 is 10.8 Å². The predicted molar refractivity (Wildman–Crippen MR) is 108 cm³/mol. The lowest BCUT2D eigenvalue weighted by Crippen LogP contribution is -2.35. The second-order valence-electron chi connectivity index (χ2n) is 7.25. The molecular formula is C24H30N+. The van der Waals surface area contributed by atoms with Crippen molar-refractivity contribution in [1.29, 1.82) is 0 Å². The molecule has 0 fully saturated rings. The molecule has 0 amide bonds. The molecule has 130 valence electrons. The summed E-state index contributed by atoms with van der Waals surface area (Å²) in [6, 6.07) is 14.0. The van der Waals surface area contributed by atoms with E-state index in [4.69, 9.17) is 1.37 Å². The van der Waals surface area contributed by atoms with E-state index in [0.717, 1.165) is 23.9 Å². The molecule has 0 spiro atoms. The van der Waals surface area contributed by atoms with Gasteiger partial charge in [0.1, 0.15) is 7.05 Å². The van der Waals surface area contributed by atoms with Crippen LogP contribution in [0.25, 0.3) is 22.0 Å². The molecule has 3 rings (SSSR count). The molecular weight excluding hydrogens is 302 g/mol. The van der Waals surface area contributed by atoms with Gasteiger partial charge in [0.2, 0.25) is 5.69 Å². The predicted octanol–water partition coefficient (Wildman–Crippen LogP) is 6.16. The molecule has 2 aromatic carbocycles. The highest BCUT2D eigenvalue weighted by Crippen LogP contribution is 2.32. The van der Waals surface area contributed by atoms with Gasteiger partial charge in [-0.1, -0.05) is 43.7 Å². The van der Waals surface area contributed by atoms with E-state index in [2.05, 4.69) is 82.6 Å². The summed E-state index contributed by atoms with van der Waals surface area (Å²) in [5, 5.41) is 2.24. The van der Waals surface area contributed by atoms with E-state index in [1.807, 2.05) is 0 Å². The molecule has 0 saturated carbocycles. The molecule has 0 N–H and O–H groups in total. The van der Waals surface area contributed by atoms with E-state index in [-0.39, 0.29) is 0 Å². The number of fused-ring (bicyclic) bond motifs is 1. The van der Waals surface area contributed by atoms with Gasteiger partial charge in [-0.2, -0.15) is 4.57 Å². The van der Waals surface area contributed by atoms with Gasteiger partial charge >= 0.3 is 0 Å². The number of hydrogen-bond donors (Lipinski definition) is 0. The molecule has 25 heavy (non-hydrogen) atoms. The Bertz CT molecular complexity index is 968. The van der Waals surface area contributed by atoms with Gasteiger partial charge in [-0.3, -0.25) is 0 Å². The lowest BCUT2D eigenvalue weighted by Gasteiger charge is -2.15. The molecule has 1 nitrogen and oxygen atoms in total. The summed E-state index contributed by atoms with van der Waals surface area (Å²) in [7, 11) is 2.08. The van der Waals surface area contributed by atoms with Crippen LogP contribution >= 0.6 is 0 Å². The van der Waals surface area contributed by atoms with Gasteiger partial charge in [0, 0.05) is 18.5 Å². The van der Waals surface area contributed by atoms with Crippen molar-refractivity contribution in [3.63, 3.8) is 0 Å². The minimum Gasteiger partial charge on any atom is -0.198 e. The first-order valence-corrected chi connectivity index (χ1v) is 9.39. The van der Waals surface area contributed by atoms with E-state index in [1.54, 1.807) is 0 Å². The summed E-state index contributed by atoms with van der Waals surface area (Å²) in [5.41, 5.74) is 7.38. The third-order valence-corrected chi connectivity index (χ3v) is 5.56. The second-order valence-corrected chi connectivity index (χ2v) is 7.25. The Kier molecular flexibility index (Phi) is 4.57. The minimum absolute atomic E-state index is 0.567. The van der Waals surface area contributed by atoms with Crippen LogP contribution in [0.1, 0.15) is 56.4 Å². The smallest absolute Gasteiger partial charge is 0.198 e. The third-order valence-electron chi connectivity index (χ3n) is 5.56. The fraction of sp³-hybridized carbons (Fsp3) is 0.375. The van der Waals surface area contributed by atoms with Gasteiger partial charge in [-0.15, -0.1) is 0 Å². The number of aromatic nitrogens is 1. The van der Waals surface area contributed by atoms with Crippen LogP contribution in [0.5, 0.6) is 0 Å². The Labute approximate surface area is 153 Å². The summed E-state index contributed by atoms with van der Waals surface area (Å²) < 4.78 is 10.9. The zero-order valence-corrected chi connectivity index (χ0v) is 16.4. The van der Waals surface area contributed by atoms with Gasteiger partial charge in [-0.25, -0.2) is 0 Å². The molecule has 1 aromatic heterocycles. The standard InChI is InChI=1S/C24H30N/c1-7-19(8-2)20-11-12-22-21(15-20)14-18(5)25(6)24(22)23-13-16(3)9-10-17(23)4/h9-15,19H,7-8H2,1-6H3/q+1/i14D. The first-order valence-electron chi connectivity index (χ1n) is 9.89. The zero-order chi connectivity index (χ0) is 19.0. The molecule has 0 aliphatic carbocycles. The summed E-state index contributed by atoms with van der Waals surface area (Å²) in [5.74, 6) is 0.567. The number of benzene rings is 2. The number of aryl methyl sites for hydroxylation is 2. The lowest BCUT2D eigenvalue weighted by atomic mass is 9.90. The topological polar surface area (TPSA) is 3.88 Å². The average molecular weight is 334 g/mol. The second kappa shape index (κ2) is 7.00. The van der Waals surface area contributed by atoms with Crippen LogP contribution in [0, 0.1) is 20.8 Å². The fourth-order valence-corrected chi connectivity index (χ4v) is 3.83. The largest absolute Gasteiger partial charge is 0.220 e. The first-order chi connectivity index (χ1) is 12.4. The van der Waals surface area contributed by atoms with Crippen molar-refractivity contribution in [2.45, 2.75) is 53.4 Å². The van der Waals surface area contributed by atoms with E-state index in [9.17, 15) is 0 Å². The Morgan fingerprint density at radius 3 is 2.40 bits per heavy atom. The normalized spacial score (nSPS) is 12.0. The van der Waals surface area contributed by atoms with E-state index < -0.39 is 0 Å². The molecule has 1 heterocycles. The quantitative estimate of drug-likeness (QED) is 0.503. The zero-order valence-electron chi connectivity index (χ0n) is 17.4. The van der Waals surface area contributed by atoms with E-state index >= 15 is 0 Å². The van der Waals surface area contributed by atoms with Gasteiger partial charge < -0.3 is 0 Å². The summed E-state index contributed by atoms with van der Waals surface area (Å²) >= 11 is 0. The number of nitrogens with zero attached hydrogens (tertiary/aromatic N) is 1. The minimum atomic E-state index is 0.567. The van der Waals surface area contributed by atoms with Gasteiger partial charge in [-0.05, 0) is 61.3 Å². The molecule has 0 aliphatic rings. The Morgan fingerprint density at radius 2 is 1.72 bits per heavy atom. The Balaban J connectivity index is 2.38. The molecule has 1 heteroatoms. The van der Waals surface area contributed by atoms with Crippen LogP contribution in [-0.4, -0.2) is 0 Å². The molecule has 0 saturated heterocycles. The highest BCUT2D eigenvalue weighted by molar-refractivity contribution is 5.94. The maximum absolute atomic E-state index is 8.72. The lowest BCUT2D eigenvalue weighted by molar-refractivity contribution is -0.665. The molecule has 0 atom stereocenters. The maximum Gasteiger partial charge on any atom is 0.220 e. The Morgan fingerprint density at radius 1 is 1.00 bits per heavy atom.